The number of nitrogens with one attached hydrogen (secondary N) is 1. The van der Waals surface area contributed by atoms with E-state index in [1.54, 1.807) is 0 Å². The van der Waals surface area contributed by atoms with Crippen LogP contribution in [0.2, 0.25) is 0 Å². The molecule has 1 aromatic carbocycles. The van der Waals surface area contributed by atoms with E-state index in [1.807, 2.05) is 0 Å². The highest BCUT2D eigenvalue weighted by atomic mass is 32.2. The zero-order chi connectivity index (χ0) is 14.5. The highest BCUT2D eigenvalue weighted by Crippen LogP contribution is 2.16. The van der Waals surface area contributed by atoms with Crippen LogP contribution in [0.25, 0.3) is 0 Å². The number of halogens is 1. The number of sulfonamides is 1. The Balaban J connectivity index is 2.54. The van der Waals surface area contributed by atoms with Crippen LogP contribution in [0.5, 0.6) is 0 Å². The third-order valence-electron chi connectivity index (χ3n) is 2.78. The molecule has 0 saturated carbocycles. The van der Waals surface area contributed by atoms with Crippen molar-refractivity contribution < 1.29 is 12.8 Å². The van der Waals surface area contributed by atoms with Crippen LogP contribution >= 0.6 is 0 Å². The predicted octanol–water partition coefficient (Wildman–Crippen LogP) is 2.51. The van der Waals surface area contributed by atoms with Gasteiger partial charge in [-0.15, -0.1) is 0 Å². The summed E-state index contributed by atoms with van der Waals surface area (Å²) in [7, 11) is -3.65. The first kappa shape index (κ1) is 15.9. The summed E-state index contributed by atoms with van der Waals surface area (Å²) in [6.07, 6.45) is 2.81. The molecule has 19 heavy (non-hydrogen) atoms. The second-order valence-electron chi connectivity index (χ2n) is 4.97. The number of nitrogen functional groups attached to an aromatic ring is 1. The van der Waals surface area contributed by atoms with Crippen LogP contribution in [0.4, 0.5) is 10.1 Å². The van der Waals surface area contributed by atoms with Gasteiger partial charge in [0.2, 0.25) is 10.0 Å². The Kier molecular flexibility index (Phi) is 5.75. The lowest BCUT2D eigenvalue weighted by molar-refractivity contribution is 0.530. The van der Waals surface area contributed by atoms with Gasteiger partial charge in [-0.3, -0.25) is 0 Å². The van der Waals surface area contributed by atoms with Crippen LogP contribution in [0.15, 0.2) is 23.1 Å². The second kappa shape index (κ2) is 6.86. The average Bonchev–Trinajstić information content (AvgIpc) is 2.31. The summed E-state index contributed by atoms with van der Waals surface area (Å²) < 4.78 is 39.4. The van der Waals surface area contributed by atoms with Crippen LogP contribution in [0, 0.1) is 11.7 Å². The maximum Gasteiger partial charge on any atom is 0.240 e. The molecule has 108 valence electrons. The fourth-order valence-corrected chi connectivity index (χ4v) is 2.73. The number of anilines is 1. The van der Waals surface area contributed by atoms with Crippen molar-refractivity contribution in [2.24, 2.45) is 5.92 Å². The normalized spacial score (nSPS) is 12.0. The van der Waals surface area contributed by atoms with Crippen molar-refractivity contribution in [3.05, 3.63) is 24.0 Å². The maximum atomic E-state index is 13.2. The predicted molar refractivity (Wildman–Crippen MR) is 74.7 cm³/mol. The largest absolute Gasteiger partial charge is 0.396 e. The molecule has 0 heterocycles. The van der Waals surface area contributed by atoms with Gasteiger partial charge in [0.15, 0.2) is 0 Å². The topological polar surface area (TPSA) is 72.2 Å². The number of unbranched alkanes of at least 4 members (excludes halogenated alkanes) is 1. The minimum atomic E-state index is -3.65. The first-order chi connectivity index (χ1) is 8.83. The molecule has 0 atom stereocenters. The molecule has 0 aliphatic rings. The molecule has 1 rings (SSSR count). The zero-order valence-electron chi connectivity index (χ0n) is 11.3. The van der Waals surface area contributed by atoms with Gasteiger partial charge in [-0.2, -0.15) is 0 Å². The molecule has 0 amide bonds. The van der Waals surface area contributed by atoms with E-state index in [-0.39, 0.29) is 10.6 Å². The number of rotatable bonds is 7. The highest BCUT2D eigenvalue weighted by molar-refractivity contribution is 7.89. The van der Waals surface area contributed by atoms with Crippen molar-refractivity contribution in [1.29, 1.82) is 0 Å². The van der Waals surface area contributed by atoms with Crippen LogP contribution in [-0.4, -0.2) is 15.0 Å². The number of hydrogen-bond donors (Lipinski definition) is 2. The van der Waals surface area contributed by atoms with Crippen molar-refractivity contribution >= 4 is 15.7 Å². The van der Waals surface area contributed by atoms with Gasteiger partial charge in [0.1, 0.15) is 5.82 Å². The minimum Gasteiger partial charge on any atom is -0.396 e. The minimum absolute atomic E-state index is 0.0594. The summed E-state index contributed by atoms with van der Waals surface area (Å²) in [5.41, 5.74) is 5.25. The Morgan fingerprint density at radius 3 is 2.58 bits per heavy atom. The maximum absolute atomic E-state index is 13.2. The van der Waals surface area contributed by atoms with E-state index in [0.29, 0.717) is 12.5 Å². The fraction of sp³-hybridized carbons (Fsp3) is 0.538. The molecule has 0 spiro atoms. The van der Waals surface area contributed by atoms with Crippen LogP contribution in [-0.2, 0) is 10.0 Å². The molecule has 1 aromatic rings. The smallest absolute Gasteiger partial charge is 0.240 e. The summed E-state index contributed by atoms with van der Waals surface area (Å²) in [6, 6.07) is 3.49. The first-order valence-electron chi connectivity index (χ1n) is 6.37. The fourth-order valence-electron chi connectivity index (χ4n) is 1.64. The van der Waals surface area contributed by atoms with E-state index in [1.165, 1.54) is 12.1 Å². The molecule has 0 aliphatic carbocycles. The molecule has 3 N–H and O–H groups in total. The Hall–Kier alpha value is -1.14. The van der Waals surface area contributed by atoms with Gasteiger partial charge in [-0.05, 0) is 30.5 Å². The molecule has 4 nitrogen and oxygen atoms in total. The summed E-state index contributed by atoms with van der Waals surface area (Å²) in [5.74, 6) is -0.106. The van der Waals surface area contributed by atoms with Gasteiger partial charge in [-0.1, -0.05) is 26.7 Å². The molecule has 0 fully saturated rings. The van der Waals surface area contributed by atoms with E-state index in [4.69, 9.17) is 5.73 Å². The SMILES string of the molecule is CC(C)CCCCNS(=O)(=O)c1ccc(N)c(F)c1. The Morgan fingerprint density at radius 1 is 1.32 bits per heavy atom. The molecule has 0 aliphatic heterocycles. The summed E-state index contributed by atoms with van der Waals surface area (Å²) in [5, 5.41) is 0. The number of nitrogens with two attached hydrogens (primary N) is 1. The quantitative estimate of drug-likeness (QED) is 0.598. The summed E-state index contributed by atoms with van der Waals surface area (Å²) >= 11 is 0. The Bertz CT molecular complexity index is 515. The van der Waals surface area contributed by atoms with Crippen LogP contribution in [0.1, 0.15) is 33.1 Å². The molecular formula is C13H21FN2O2S. The lowest BCUT2D eigenvalue weighted by Gasteiger charge is -2.08. The third-order valence-corrected chi connectivity index (χ3v) is 4.24. The lowest BCUT2D eigenvalue weighted by atomic mass is 10.1. The Labute approximate surface area is 114 Å². The van der Waals surface area contributed by atoms with Gasteiger partial charge in [0.05, 0.1) is 10.6 Å². The molecular weight excluding hydrogens is 267 g/mol. The van der Waals surface area contributed by atoms with Crippen LogP contribution in [0.3, 0.4) is 0 Å². The first-order valence-corrected chi connectivity index (χ1v) is 7.86. The van der Waals surface area contributed by atoms with E-state index < -0.39 is 15.8 Å². The zero-order valence-corrected chi connectivity index (χ0v) is 12.1. The van der Waals surface area contributed by atoms with Crippen molar-refractivity contribution in [3.63, 3.8) is 0 Å². The summed E-state index contributed by atoms with van der Waals surface area (Å²) in [6.45, 7) is 4.61. The van der Waals surface area contributed by atoms with E-state index >= 15 is 0 Å². The highest BCUT2D eigenvalue weighted by Gasteiger charge is 2.14. The molecule has 6 heteroatoms. The molecule has 0 unspecified atom stereocenters. The van der Waals surface area contributed by atoms with Gasteiger partial charge in [0, 0.05) is 6.54 Å². The van der Waals surface area contributed by atoms with E-state index in [0.717, 1.165) is 25.3 Å². The number of hydrogen-bond acceptors (Lipinski definition) is 3. The van der Waals surface area contributed by atoms with Gasteiger partial charge in [-0.25, -0.2) is 17.5 Å². The third kappa shape index (κ3) is 5.16. The Morgan fingerprint density at radius 2 is 2.00 bits per heavy atom. The van der Waals surface area contributed by atoms with Gasteiger partial charge >= 0.3 is 0 Å². The second-order valence-corrected chi connectivity index (χ2v) is 6.74. The van der Waals surface area contributed by atoms with Crippen LogP contribution < -0.4 is 10.5 Å². The average molecular weight is 288 g/mol. The molecule has 0 saturated heterocycles. The van der Waals surface area contributed by atoms with Crippen molar-refractivity contribution in [3.8, 4) is 0 Å². The monoisotopic (exact) mass is 288 g/mol. The lowest BCUT2D eigenvalue weighted by Crippen LogP contribution is -2.25. The standard InChI is InChI=1S/C13H21FN2O2S/c1-10(2)5-3-4-8-16-19(17,18)11-6-7-13(15)12(14)9-11/h6-7,9-10,16H,3-5,8,15H2,1-2H3. The van der Waals surface area contributed by atoms with Gasteiger partial charge in [0.25, 0.3) is 0 Å². The molecule has 0 radical (unpaired) electrons. The van der Waals surface area contributed by atoms with Crippen molar-refractivity contribution in [2.75, 3.05) is 12.3 Å². The molecule has 0 bridgehead atoms. The summed E-state index contributed by atoms with van der Waals surface area (Å²) in [4.78, 5) is -0.0944. The van der Waals surface area contributed by atoms with Crippen molar-refractivity contribution in [1.82, 2.24) is 4.72 Å². The number of benzene rings is 1. The van der Waals surface area contributed by atoms with Crippen molar-refractivity contribution in [2.45, 2.75) is 38.0 Å². The van der Waals surface area contributed by atoms with E-state index in [9.17, 15) is 12.8 Å². The molecule has 0 aromatic heterocycles. The van der Waals surface area contributed by atoms with E-state index in [2.05, 4.69) is 18.6 Å². The van der Waals surface area contributed by atoms with Gasteiger partial charge < -0.3 is 5.73 Å².